The molecule has 1 aliphatic rings. The van der Waals surface area contributed by atoms with Crippen LogP contribution >= 0.6 is 23.2 Å². The molecule has 0 aromatic heterocycles. The Morgan fingerprint density at radius 2 is 1.87 bits per heavy atom. The lowest BCUT2D eigenvalue weighted by Crippen LogP contribution is -2.43. The van der Waals surface area contributed by atoms with Crippen LogP contribution in [0, 0.1) is 0 Å². The van der Waals surface area contributed by atoms with Crippen molar-refractivity contribution in [2.45, 2.75) is 31.9 Å². The predicted octanol–water partition coefficient (Wildman–Crippen LogP) is 3.79. The number of Topliss-reactive ketones (excluding diaryl/α,β-unsaturated/α-hetero) is 1. The number of ketones is 1. The molecule has 9 heteroatoms. The van der Waals surface area contributed by atoms with Gasteiger partial charge in [-0.05, 0) is 43.3 Å². The number of β-amino-alcohol motifs (C(OH)–C–C–N with tert-alkyl or cyclic N) is 1. The zero-order valence-corrected chi connectivity index (χ0v) is 18.5. The predicted molar refractivity (Wildman–Crippen MR) is 117 cm³/mol. The van der Waals surface area contributed by atoms with Gasteiger partial charge in [0.15, 0.2) is 5.78 Å². The quantitative estimate of drug-likeness (QED) is 0.457. The average Bonchev–Trinajstić information content (AvgIpc) is 2.95. The molecule has 2 aromatic carbocycles. The molecule has 3 amide bonds. The zero-order chi connectivity index (χ0) is 22.8. The molecule has 1 fully saturated rings. The Morgan fingerprint density at radius 1 is 1.19 bits per heavy atom. The molecule has 2 aromatic rings. The molecule has 2 N–H and O–H groups in total. The molecule has 7 nitrogen and oxygen atoms in total. The first-order valence-electron chi connectivity index (χ1n) is 9.69. The van der Waals surface area contributed by atoms with Crippen LogP contribution in [0.25, 0.3) is 0 Å². The van der Waals surface area contributed by atoms with Crippen LogP contribution in [0.1, 0.15) is 36.2 Å². The van der Waals surface area contributed by atoms with Crippen molar-refractivity contribution in [3.05, 3.63) is 63.6 Å². The summed E-state index contributed by atoms with van der Waals surface area (Å²) in [5.41, 5.74) is -0.386. The summed E-state index contributed by atoms with van der Waals surface area (Å²) in [5.74, 6) is -0.0566. The van der Waals surface area contributed by atoms with Gasteiger partial charge in [0.05, 0.1) is 6.54 Å². The van der Waals surface area contributed by atoms with Crippen LogP contribution in [-0.4, -0.2) is 47.0 Å². The topological polar surface area (TPSA) is 95.9 Å². The molecule has 0 spiro atoms. The Balaban J connectivity index is 1.63. The number of rotatable bonds is 8. The molecule has 0 bridgehead atoms. The highest BCUT2D eigenvalue weighted by Crippen LogP contribution is 2.35. The van der Waals surface area contributed by atoms with Gasteiger partial charge in [0.25, 0.3) is 5.91 Å². The summed E-state index contributed by atoms with van der Waals surface area (Å²) >= 11 is 12.1. The van der Waals surface area contributed by atoms with Gasteiger partial charge >= 0.3 is 6.03 Å². The van der Waals surface area contributed by atoms with Crippen molar-refractivity contribution in [1.29, 1.82) is 0 Å². The summed E-state index contributed by atoms with van der Waals surface area (Å²) < 4.78 is 5.52. The number of benzene rings is 2. The van der Waals surface area contributed by atoms with Crippen LogP contribution in [-0.2, 0) is 10.3 Å². The third-order valence-electron chi connectivity index (χ3n) is 5.08. The molecular formula is C22H22Cl2N2O5. The molecule has 0 unspecified atom stereocenters. The SMILES string of the molecule is CCC(=O)c1ccc(OC[C@@H](O)CN2C(=O)N[C@@](C)(c3ccc(Cl)cc3Cl)C2=O)cc1. The molecule has 1 aliphatic heterocycles. The lowest BCUT2D eigenvalue weighted by atomic mass is 9.92. The van der Waals surface area contributed by atoms with E-state index in [2.05, 4.69) is 5.32 Å². The monoisotopic (exact) mass is 464 g/mol. The molecule has 3 rings (SSSR count). The van der Waals surface area contributed by atoms with Crippen molar-refractivity contribution in [2.24, 2.45) is 0 Å². The van der Waals surface area contributed by atoms with Gasteiger partial charge in [-0.25, -0.2) is 4.79 Å². The highest BCUT2D eigenvalue weighted by atomic mass is 35.5. The molecule has 0 radical (unpaired) electrons. The number of carbonyl (C=O) groups excluding carboxylic acids is 3. The summed E-state index contributed by atoms with van der Waals surface area (Å²) in [4.78, 5) is 38.0. The van der Waals surface area contributed by atoms with E-state index < -0.39 is 23.6 Å². The summed E-state index contributed by atoms with van der Waals surface area (Å²) in [5, 5.41) is 13.6. The van der Waals surface area contributed by atoms with Gasteiger partial charge in [0, 0.05) is 27.6 Å². The number of carbonyl (C=O) groups is 3. The fourth-order valence-electron chi connectivity index (χ4n) is 3.34. The lowest BCUT2D eigenvalue weighted by Gasteiger charge is -2.24. The Morgan fingerprint density at radius 3 is 2.48 bits per heavy atom. The second-order valence-corrected chi connectivity index (χ2v) is 8.20. The first-order chi connectivity index (χ1) is 14.7. The Kier molecular flexibility index (Phi) is 6.89. The van der Waals surface area contributed by atoms with Gasteiger partial charge in [-0.3, -0.25) is 14.5 Å². The smallest absolute Gasteiger partial charge is 0.325 e. The fourth-order valence-corrected chi connectivity index (χ4v) is 3.93. The average molecular weight is 465 g/mol. The van der Waals surface area contributed by atoms with Crippen LogP contribution in [0.4, 0.5) is 4.79 Å². The third-order valence-corrected chi connectivity index (χ3v) is 5.63. The number of imide groups is 1. The van der Waals surface area contributed by atoms with Crippen molar-refractivity contribution < 1.29 is 24.2 Å². The minimum absolute atomic E-state index is 0.0222. The van der Waals surface area contributed by atoms with E-state index in [1.807, 2.05) is 0 Å². The second kappa shape index (κ2) is 9.26. The largest absolute Gasteiger partial charge is 0.491 e. The zero-order valence-electron chi connectivity index (χ0n) is 17.0. The molecule has 0 aliphatic carbocycles. The number of halogens is 2. The molecule has 1 heterocycles. The Bertz CT molecular complexity index is 1010. The standard InChI is InChI=1S/C22H22Cl2N2O5/c1-3-19(28)13-4-7-16(8-5-13)31-12-15(27)11-26-20(29)22(2,25-21(26)30)17-9-6-14(23)10-18(17)24/h4-10,15,27H,3,11-12H2,1-2H3,(H,25,30)/t15-,22-/m0/s1. The number of aliphatic hydroxyl groups is 1. The van der Waals surface area contributed by atoms with E-state index in [1.54, 1.807) is 50.2 Å². The van der Waals surface area contributed by atoms with E-state index >= 15 is 0 Å². The van der Waals surface area contributed by atoms with E-state index in [1.165, 1.54) is 6.07 Å². The van der Waals surface area contributed by atoms with E-state index in [4.69, 9.17) is 27.9 Å². The minimum atomic E-state index is -1.37. The first-order valence-corrected chi connectivity index (χ1v) is 10.4. The van der Waals surface area contributed by atoms with Crippen LogP contribution in [0.2, 0.25) is 10.0 Å². The van der Waals surface area contributed by atoms with Gasteiger partial charge in [0.2, 0.25) is 0 Å². The first kappa shape index (κ1) is 23.1. The van der Waals surface area contributed by atoms with Gasteiger partial charge in [-0.15, -0.1) is 0 Å². The number of amides is 3. The van der Waals surface area contributed by atoms with E-state index in [0.29, 0.717) is 28.3 Å². The maximum absolute atomic E-state index is 13.0. The summed E-state index contributed by atoms with van der Waals surface area (Å²) in [6.45, 7) is 2.93. The molecule has 164 valence electrons. The highest BCUT2D eigenvalue weighted by Gasteiger charge is 2.50. The van der Waals surface area contributed by atoms with E-state index in [-0.39, 0.29) is 24.0 Å². The second-order valence-electron chi connectivity index (χ2n) is 7.36. The number of hydrogen-bond acceptors (Lipinski definition) is 5. The van der Waals surface area contributed by atoms with Crippen LogP contribution in [0.5, 0.6) is 5.75 Å². The maximum atomic E-state index is 13.0. The van der Waals surface area contributed by atoms with Crippen molar-refractivity contribution in [3.63, 3.8) is 0 Å². The number of nitrogens with zero attached hydrogens (tertiary/aromatic N) is 1. The van der Waals surface area contributed by atoms with E-state index in [9.17, 15) is 19.5 Å². The van der Waals surface area contributed by atoms with Crippen molar-refractivity contribution >= 4 is 40.9 Å². The summed E-state index contributed by atoms with van der Waals surface area (Å²) in [6.07, 6.45) is -0.708. The molecule has 0 saturated carbocycles. The van der Waals surface area contributed by atoms with Gasteiger partial charge in [0.1, 0.15) is 24.0 Å². The fraction of sp³-hybridized carbons (Fsp3) is 0.318. The molecular weight excluding hydrogens is 443 g/mol. The van der Waals surface area contributed by atoms with Crippen LogP contribution < -0.4 is 10.1 Å². The van der Waals surface area contributed by atoms with E-state index in [0.717, 1.165) is 4.90 Å². The number of aliphatic hydroxyl groups excluding tert-OH is 1. The number of hydrogen-bond donors (Lipinski definition) is 2. The van der Waals surface area contributed by atoms with Gasteiger partial charge in [-0.2, -0.15) is 0 Å². The molecule has 31 heavy (non-hydrogen) atoms. The number of ether oxygens (including phenoxy) is 1. The van der Waals surface area contributed by atoms with Crippen molar-refractivity contribution in [2.75, 3.05) is 13.2 Å². The van der Waals surface area contributed by atoms with Crippen molar-refractivity contribution in [1.82, 2.24) is 10.2 Å². The van der Waals surface area contributed by atoms with Crippen LogP contribution in [0.15, 0.2) is 42.5 Å². The highest BCUT2D eigenvalue weighted by molar-refractivity contribution is 6.35. The number of urea groups is 1. The normalized spacial score (nSPS) is 19.3. The van der Waals surface area contributed by atoms with Gasteiger partial charge in [-0.1, -0.05) is 36.2 Å². The number of nitrogens with one attached hydrogen (secondary N) is 1. The summed E-state index contributed by atoms with van der Waals surface area (Å²) in [7, 11) is 0. The van der Waals surface area contributed by atoms with Crippen LogP contribution in [0.3, 0.4) is 0 Å². The maximum Gasteiger partial charge on any atom is 0.325 e. The lowest BCUT2D eigenvalue weighted by molar-refractivity contribution is -0.132. The summed E-state index contributed by atoms with van der Waals surface area (Å²) in [6, 6.07) is 10.6. The third kappa shape index (κ3) is 4.84. The molecule has 1 saturated heterocycles. The minimum Gasteiger partial charge on any atom is -0.491 e. The Labute approximate surface area is 189 Å². The Hall–Kier alpha value is -2.61. The van der Waals surface area contributed by atoms with Gasteiger partial charge < -0.3 is 15.2 Å². The van der Waals surface area contributed by atoms with Crippen molar-refractivity contribution in [3.8, 4) is 5.75 Å². The molecule has 2 atom stereocenters.